The summed E-state index contributed by atoms with van der Waals surface area (Å²) in [5.41, 5.74) is 4.01. The molecule has 166 valence electrons. The average molecular weight is 473 g/mol. The van der Waals surface area contributed by atoms with E-state index >= 15 is 0 Å². The van der Waals surface area contributed by atoms with Crippen molar-refractivity contribution in [3.63, 3.8) is 0 Å². The zero-order valence-corrected chi connectivity index (χ0v) is 19.1. The Morgan fingerprint density at radius 2 is 1.75 bits per heavy atom. The standard InChI is InChI=1S/C25H23Cl2FN2O2/c1-31-24-10-18(13-29-9-8-16-14-30-23-5-3-2-4-20(16)23)22(27)12-25(24)32-15-17-6-7-19(28)11-21(17)26/h2-7,10-12,14,29-30H,8-9,13,15H2,1H3. The molecule has 0 aliphatic rings. The van der Waals surface area contributed by atoms with Crippen molar-refractivity contribution in [3.8, 4) is 11.5 Å². The summed E-state index contributed by atoms with van der Waals surface area (Å²) >= 11 is 12.6. The van der Waals surface area contributed by atoms with Crippen LogP contribution in [0.15, 0.2) is 60.8 Å². The Kier molecular flexibility index (Phi) is 7.20. The lowest BCUT2D eigenvalue weighted by atomic mass is 10.1. The number of halogens is 3. The Balaban J connectivity index is 1.37. The molecule has 1 aromatic heterocycles. The minimum atomic E-state index is -0.388. The van der Waals surface area contributed by atoms with Gasteiger partial charge in [0.05, 0.1) is 12.1 Å². The van der Waals surface area contributed by atoms with Crippen molar-refractivity contribution in [2.75, 3.05) is 13.7 Å². The van der Waals surface area contributed by atoms with Gasteiger partial charge in [-0.3, -0.25) is 0 Å². The van der Waals surface area contributed by atoms with Crippen LogP contribution in [-0.2, 0) is 19.6 Å². The van der Waals surface area contributed by atoms with Crippen molar-refractivity contribution in [3.05, 3.63) is 93.3 Å². The summed E-state index contributed by atoms with van der Waals surface area (Å²) in [7, 11) is 1.58. The number of hydrogen-bond donors (Lipinski definition) is 2. The summed E-state index contributed by atoms with van der Waals surface area (Å²) in [6.07, 6.45) is 2.96. The highest BCUT2D eigenvalue weighted by Gasteiger charge is 2.12. The van der Waals surface area contributed by atoms with Gasteiger partial charge in [0.15, 0.2) is 11.5 Å². The van der Waals surface area contributed by atoms with Gasteiger partial charge in [-0.1, -0.05) is 47.5 Å². The van der Waals surface area contributed by atoms with Crippen LogP contribution in [0.2, 0.25) is 10.0 Å². The summed E-state index contributed by atoms with van der Waals surface area (Å²) in [6, 6.07) is 16.1. The smallest absolute Gasteiger partial charge is 0.163 e. The van der Waals surface area contributed by atoms with Crippen LogP contribution in [0, 0.1) is 5.82 Å². The first-order chi connectivity index (χ1) is 15.5. The molecule has 0 atom stereocenters. The van der Waals surface area contributed by atoms with Gasteiger partial charge in [-0.05, 0) is 48.4 Å². The lowest BCUT2D eigenvalue weighted by molar-refractivity contribution is 0.284. The molecule has 0 unspecified atom stereocenters. The van der Waals surface area contributed by atoms with Crippen molar-refractivity contribution in [2.24, 2.45) is 0 Å². The van der Waals surface area contributed by atoms with Crippen LogP contribution in [0.25, 0.3) is 10.9 Å². The van der Waals surface area contributed by atoms with Crippen molar-refractivity contribution in [1.29, 1.82) is 0 Å². The van der Waals surface area contributed by atoms with Gasteiger partial charge >= 0.3 is 0 Å². The summed E-state index contributed by atoms with van der Waals surface area (Å²) < 4.78 is 24.6. The molecule has 0 saturated carbocycles. The third-order valence-electron chi connectivity index (χ3n) is 5.29. The van der Waals surface area contributed by atoms with E-state index in [0.29, 0.717) is 33.7 Å². The Morgan fingerprint density at radius 1 is 0.938 bits per heavy atom. The maximum Gasteiger partial charge on any atom is 0.163 e. The number of fused-ring (bicyclic) bond motifs is 1. The zero-order chi connectivity index (χ0) is 22.5. The minimum Gasteiger partial charge on any atom is -0.493 e. The highest BCUT2D eigenvalue weighted by molar-refractivity contribution is 6.31. The summed E-state index contributed by atoms with van der Waals surface area (Å²) in [4.78, 5) is 3.30. The number of hydrogen-bond acceptors (Lipinski definition) is 3. The second kappa shape index (κ2) is 10.3. The molecule has 4 aromatic rings. The summed E-state index contributed by atoms with van der Waals surface area (Å²) in [5.74, 6) is 0.683. The van der Waals surface area contributed by atoms with Crippen LogP contribution in [0.3, 0.4) is 0 Å². The molecule has 0 fully saturated rings. The largest absolute Gasteiger partial charge is 0.493 e. The molecule has 2 N–H and O–H groups in total. The number of ether oxygens (including phenoxy) is 2. The van der Waals surface area contributed by atoms with Crippen LogP contribution >= 0.6 is 23.2 Å². The van der Waals surface area contributed by atoms with E-state index in [0.717, 1.165) is 24.0 Å². The summed E-state index contributed by atoms with van der Waals surface area (Å²) in [6.45, 7) is 1.58. The van der Waals surface area contributed by atoms with Crippen LogP contribution in [0.5, 0.6) is 11.5 Å². The Bertz CT molecular complexity index is 1230. The highest BCUT2D eigenvalue weighted by atomic mass is 35.5. The maximum absolute atomic E-state index is 13.2. The molecule has 0 bridgehead atoms. The highest BCUT2D eigenvalue weighted by Crippen LogP contribution is 2.34. The Hall–Kier alpha value is -2.73. The van der Waals surface area contributed by atoms with Crippen molar-refractivity contribution in [2.45, 2.75) is 19.6 Å². The molecule has 0 saturated heterocycles. The van der Waals surface area contributed by atoms with Crippen LogP contribution in [-0.4, -0.2) is 18.6 Å². The fourth-order valence-electron chi connectivity index (χ4n) is 3.56. The summed E-state index contributed by atoms with van der Waals surface area (Å²) in [5, 5.41) is 5.57. The molecule has 0 amide bonds. The molecular weight excluding hydrogens is 450 g/mol. The lowest BCUT2D eigenvalue weighted by Gasteiger charge is -2.15. The number of methoxy groups -OCH3 is 1. The zero-order valence-electron chi connectivity index (χ0n) is 17.6. The fraction of sp³-hybridized carbons (Fsp3) is 0.200. The van der Waals surface area contributed by atoms with Crippen molar-refractivity contribution >= 4 is 34.1 Å². The van der Waals surface area contributed by atoms with E-state index in [4.69, 9.17) is 32.7 Å². The first kappa shape index (κ1) is 22.5. The topological polar surface area (TPSA) is 46.3 Å². The van der Waals surface area contributed by atoms with Gasteiger partial charge in [0.1, 0.15) is 12.4 Å². The molecule has 0 radical (unpaired) electrons. The quantitative estimate of drug-likeness (QED) is 0.272. The second-order valence-corrected chi connectivity index (χ2v) is 8.22. The molecule has 0 aliphatic heterocycles. The van der Waals surface area contributed by atoms with E-state index in [-0.39, 0.29) is 12.4 Å². The van der Waals surface area contributed by atoms with E-state index in [1.165, 1.54) is 23.1 Å². The molecule has 1 heterocycles. The SMILES string of the molecule is COc1cc(CNCCc2c[nH]c3ccccc23)c(Cl)cc1OCc1ccc(F)cc1Cl. The number of nitrogens with one attached hydrogen (secondary N) is 2. The molecule has 4 nitrogen and oxygen atoms in total. The Labute approximate surface area is 196 Å². The molecule has 32 heavy (non-hydrogen) atoms. The van der Waals surface area contributed by atoms with Gasteiger partial charge in [-0.25, -0.2) is 4.39 Å². The molecule has 4 rings (SSSR count). The average Bonchev–Trinajstić information content (AvgIpc) is 3.20. The van der Waals surface area contributed by atoms with Crippen molar-refractivity contribution < 1.29 is 13.9 Å². The number of benzene rings is 3. The van der Waals surface area contributed by atoms with Crippen LogP contribution in [0.4, 0.5) is 4.39 Å². The van der Waals surface area contributed by atoms with E-state index in [1.54, 1.807) is 19.2 Å². The van der Waals surface area contributed by atoms with Crippen molar-refractivity contribution in [1.82, 2.24) is 10.3 Å². The van der Waals surface area contributed by atoms with E-state index in [1.807, 2.05) is 18.2 Å². The lowest BCUT2D eigenvalue weighted by Crippen LogP contribution is -2.17. The predicted octanol–water partition coefficient (Wildman–Crippen LogP) is 6.53. The van der Waals surface area contributed by atoms with Crippen LogP contribution in [0.1, 0.15) is 16.7 Å². The maximum atomic E-state index is 13.2. The van der Waals surface area contributed by atoms with Gasteiger partial charge < -0.3 is 19.8 Å². The first-order valence-electron chi connectivity index (χ1n) is 10.2. The molecule has 0 aliphatic carbocycles. The molecular formula is C25H23Cl2FN2O2. The number of para-hydroxylation sites is 1. The van der Waals surface area contributed by atoms with E-state index in [9.17, 15) is 4.39 Å². The first-order valence-corrected chi connectivity index (χ1v) is 11.0. The monoisotopic (exact) mass is 472 g/mol. The number of aromatic amines is 1. The molecule has 0 spiro atoms. The second-order valence-electron chi connectivity index (χ2n) is 7.41. The van der Waals surface area contributed by atoms with Gasteiger partial charge in [-0.15, -0.1) is 0 Å². The van der Waals surface area contributed by atoms with Gasteiger partial charge in [0.25, 0.3) is 0 Å². The van der Waals surface area contributed by atoms with E-state index in [2.05, 4.69) is 28.6 Å². The fourth-order valence-corrected chi connectivity index (χ4v) is 4.01. The van der Waals surface area contributed by atoms with Crippen LogP contribution < -0.4 is 14.8 Å². The number of rotatable bonds is 9. The Morgan fingerprint density at radius 3 is 2.56 bits per heavy atom. The molecule has 7 heteroatoms. The van der Waals surface area contributed by atoms with Gasteiger partial charge in [0.2, 0.25) is 0 Å². The van der Waals surface area contributed by atoms with Gasteiger partial charge in [-0.2, -0.15) is 0 Å². The third-order valence-corrected chi connectivity index (χ3v) is 6.00. The molecule has 3 aromatic carbocycles. The van der Waals surface area contributed by atoms with Gasteiger partial charge in [0, 0.05) is 40.3 Å². The predicted molar refractivity (Wildman–Crippen MR) is 127 cm³/mol. The number of H-pyrrole nitrogens is 1. The van der Waals surface area contributed by atoms with E-state index < -0.39 is 0 Å². The number of aromatic nitrogens is 1. The third kappa shape index (κ3) is 5.18. The normalized spacial score (nSPS) is 11.1. The minimum absolute atomic E-state index is 0.175.